The molecule has 0 radical (unpaired) electrons. The summed E-state index contributed by atoms with van der Waals surface area (Å²) in [4.78, 5) is 13.8. The van der Waals surface area contributed by atoms with Crippen molar-refractivity contribution in [3.63, 3.8) is 0 Å². The molecule has 1 aliphatic rings. The molecule has 0 spiro atoms. The van der Waals surface area contributed by atoms with E-state index < -0.39 is 0 Å². The van der Waals surface area contributed by atoms with Gasteiger partial charge in [0.2, 0.25) is 5.43 Å². The molecular formula is C16H26N2O4. The molecule has 6 heteroatoms. The van der Waals surface area contributed by atoms with Crippen LogP contribution in [0.2, 0.25) is 0 Å². The molecule has 0 atom stereocenters. The highest BCUT2D eigenvalue weighted by Gasteiger charge is 2.24. The Morgan fingerprint density at radius 1 is 1.23 bits per heavy atom. The average molecular weight is 310 g/mol. The lowest BCUT2D eigenvalue weighted by molar-refractivity contribution is 0.151. The summed E-state index contributed by atoms with van der Waals surface area (Å²) in [6, 6.07) is 1.80. The Morgan fingerprint density at radius 2 is 1.82 bits per heavy atom. The summed E-state index contributed by atoms with van der Waals surface area (Å²) in [5.41, 5.74) is 1.09. The van der Waals surface area contributed by atoms with Crippen molar-refractivity contribution in [2.24, 2.45) is 0 Å². The van der Waals surface area contributed by atoms with Crippen molar-refractivity contribution in [2.75, 3.05) is 26.3 Å². The molecular weight excluding hydrogens is 284 g/mol. The van der Waals surface area contributed by atoms with E-state index in [-0.39, 0.29) is 24.4 Å². The van der Waals surface area contributed by atoms with E-state index in [0.717, 1.165) is 31.4 Å². The van der Waals surface area contributed by atoms with Gasteiger partial charge >= 0.3 is 0 Å². The van der Waals surface area contributed by atoms with Crippen molar-refractivity contribution >= 4 is 0 Å². The van der Waals surface area contributed by atoms with Gasteiger partial charge in [-0.1, -0.05) is 12.8 Å². The standard InChI is InChI=1S/C16H26N2O4/c1-12-10-15(21)16(22)14(11-17(6-8-19)7-9-20)18(12)13-4-2-3-5-13/h10,13,19-20,22H,2-9,11H2,1H3. The number of aromatic nitrogens is 1. The Labute approximate surface area is 130 Å². The number of pyridine rings is 1. The predicted molar refractivity (Wildman–Crippen MR) is 84.1 cm³/mol. The van der Waals surface area contributed by atoms with Gasteiger partial charge in [-0.25, -0.2) is 0 Å². The molecule has 0 aromatic carbocycles. The number of aliphatic hydroxyl groups excluding tert-OH is 2. The Hall–Kier alpha value is -1.37. The second-order valence-corrected chi connectivity index (χ2v) is 5.98. The van der Waals surface area contributed by atoms with Crippen LogP contribution in [0.3, 0.4) is 0 Å². The van der Waals surface area contributed by atoms with Crippen molar-refractivity contribution in [3.8, 4) is 5.75 Å². The fraction of sp³-hybridized carbons (Fsp3) is 0.688. The molecule has 1 saturated carbocycles. The molecule has 1 aromatic heterocycles. The molecule has 1 aromatic rings. The third-order valence-corrected chi connectivity index (χ3v) is 4.41. The fourth-order valence-electron chi connectivity index (χ4n) is 3.38. The van der Waals surface area contributed by atoms with E-state index in [0.29, 0.717) is 31.4 Å². The largest absolute Gasteiger partial charge is 0.503 e. The lowest BCUT2D eigenvalue weighted by Gasteiger charge is -2.27. The van der Waals surface area contributed by atoms with Crippen LogP contribution in [0.1, 0.15) is 43.1 Å². The van der Waals surface area contributed by atoms with Gasteiger partial charge in [0.25, 0.3) is 0 Å². The van der Waals surface area contributed by atoms with E-state index >= 15 is 0 Å². The SMILES string of the molecule is Cc1cc(=O)c(O)c(CN(CCO)CCO)n1C1CCCC1. The van der Waals surface area contributed by atoms with Gasteiger partial charge in [0.05, 0.1) is 18.9 Å². The van der Waals surface area contributed by atoms with Gasteiger partial charge in [-0.3, -0.25) is 9.69 Å². The van der Waals surface area contributed by atoms with Crippen molar-refractivity contribution in [2.45, 2.75) is 45.2 Å². The highest BCUT2D eigenvalue weighted by molar-refractivity contribution is 5.30. The minimum atomic E-state index is -0.366. The van der Waals surface area contributed by atoms with Gasteiger partial charge < -0.3 is 19.9 Å². The number of hydrogen-bond donors (Lipinski definition) is 3. The first-order valence-electron chi connectivity index (χ1n) is 7.96. The lowest BCUT2D eigenvalue weighted by atomic mass is 10.1. The molecule has 0 saturated heterocycles. The van der Waals surface area contributed by atoms with E-state index in [4.69, 9.17) is 10.2 Å². The van der Waals surface area contributed by atoms with E-state index in [9.17, 15) is 9.90 Å². The van der Waals surface area contributed by atoms with Gasteiger partial charge in [0, 0.05) is 37.4 Å². The molecule has 1 heterocycles. The number of rotatable bonds is 7. The maximum absolute atomic E-state index is 11.9. The Kier molecular flexibility index (Phi) is 5.99. The van der Waals surface area contributed by atoms with Crippen LogP contribution in [0, 0.1) is 6.92 Å². The number of aliphatic hydroxyl groups is 2. The normalized spacial score (nSPS) is 15.8. The van der Waals surface area contributed by atoms with Crippen LogP contribution in [0.25, 0.3) is 0 Å². The van der Waals surface area contributed by atoms with Crippen molar-refractivity contribution in [1.29, 1.82) is 0 Å². The third-order valence-electron chi connectivity index (χ3n) is 4.41. The number of aromatic hydroxyl groups is 1. The second kappa shape index (κ2) is 7.76. The zero-order chi connectivity index (χ0) is 16.1. The summed E-state index contributed by atoms with van der Waals surface area (Å²) >= 11 is 0. The number of aryl methyl sites for hydroxylation is 1. The summed E-state index contributed by atoms with van der Waals surface area (Å²) < 4.78 is 2.07. The Morgan fingerprint density at radius 3 is 2.36 bits per heavy atom. The van der Waals surface area contributed by atoms with Crippen LogP contribution in [0.5, 0.6) is 5.75 Å². The summed E-state index contributed by atoms with van der Waals surface area (Å²) in [6.07, 6.45) is 4.42. The summed E-state index contributed by atoms with van der Waals surface area (Å²) in [5.74, 6) is -0.210. The molecule has 6 nitrogen and oxygen atoms in total. The summed E-state index contributed by atoms with van der Waals surface area (Å²) in [7, 11) is 0. The van der Waals surface area contributed by atoms with E-state index in [1.54, 1.807) is 0 Å². The molecule has 0 unspecified atom stereocenters. The first-order valence-corrected chi connectivity index (χ1v) is 7.96. The van der Waals surface area contributed by atoms with Gasteiger partial charge in [0.15, 0.2) is 5.75 Å². The Bertz CT molecular complexity index is 544. The van der Waals surface area contributed by atoms with E-state index in [1.165, 1.54) is 6.07 Å². The van der Waals surface area contributed by atoms with Gasteiger partial charge in [-0.15, -0.1) is 0 Å². The topological polar surface area (TPSA) is 85.9 Å². The summed E-state index contributed by atoms with van der Waals surface area (Å²) in [6.45, 7) is 2.98. The van der Waals surface area contributed by atoms with Gasteiger partial charge in [-0.05, 0) is 19.8 Å². The second-order valence-electron chi connectivity index (χ2n) is 5.98. The first kappa shape index (κ1) is 17.0. The average Bonchev–Trinajstić information content (AvgIpc) is 2.99. The Balaban J connectivity index is 2.40. The first-order chi connectivity index (χ1) is 10.6. The zero-order valence-corrected chi connectivity index (χ0v) is 13.2. The maximum Gasteiger partial charge on any atom is 0.223 e. The molecule has 0 amide bonds. The van der Waals surface area contributed by atoms with E-state index in [1.807, 2.05) is 11.8 Å². The minimum absolute atomic E-state index is 0.0275. The van der Waals surface area contributed by atoms with Gasteiger partial charge in [-0.2, -0.15) is 0 Å². The minimum Gasteiger partial charge on any atom is -0.503 e. The van der Waals surface area contributed by atoms with Crippen LogP contribution in [0.4, 0.5) is 0 Å². The fourth-order valence-corrected chi connectivity index (χ4v) is 3.38. The van der Waals surface area contributed by atoms with Crippen LogP contribution >= 0.6 is 0 Å². The quantitative estimate of drug-likeness (QED) is 0.692. The zero-order valence-electron chi connectivity index (χ0n) is 13.2. The van der Waals surface area contributed by atoms with Crippen molar-refractivity contribution < 1.29 is 15.3 Å². The predicted octanol–water partition coefficient (Wildman–Crippen LogP) is 0.764. The lowest BCUT2D eigenvalue weighted by Crippen LogP contribution is -2.32. The molecule has 22 heavy (non-hydrogen) atoms. The smallest absolute Gasteiger partial charge is 0.223 e. The molecule has 3 N–H and O–H groups in total. The molecule has 0 aliphatic heterocycles. The third kappa shape index (κ3) is 3.69. The van der Waals surface area contributed by atoms with E-state index in [2.05, 4.69) is 4.57 Å². The van der Waals surface area contributed by atoms with Gasteiger partial charge in [0.1, 0.15) is 0 Å². The maximum atomic E-state index is 11.9. The van der Waals surface area contributed by atoms with Crippen molar-refractivity contribution in [3.05, 3.63) is 27.7 Å². The van der Waals surface area contributed by atoms with Crippen molar-refractivity contribution in [1.82, 2.24) is 9.47 Å². The molecule has 124 valence electrons. The summed E-state index contributed by atoms with van der Waals surface area (Å²) in [5, 5.41) is 28.6. The molecule has 2 rings (SSSR count). The molecule has 0 bridgehead atoms. The monoisotopic (exact) mass is 310 g/mol. The van der Waals surface area contributed by atoms with Crippen LogP contribution in [-0.4, -0.2) is 51.1 Å². The number of nitrogens with zero attached hydrogens (tertiary/aromatic N) is 2. The molecule has 1 fully saturated rings. The van der Waals surface area contributed by atoms with Crippen LogP contribution in [0.15, 0.2) is 10.9 Å². The van der Waals surface area contributed by atoms with Crippen LogP contribution < -0.4 is 5.43 Å². The highest BCUT2D eigenvalue weighted by atomic mass is 16.3. The van der Waals surface area contributed by atoms with Crippen LogP contribution in [-0.2, 0) is 6.54 Å². The highest BCUT2D eigenvalue weighted by Crippen LogP contribution is 2.33. The molecule has 1 aliphatic carbocycles. The number of hydrogen-bond acceptors (Lipinski definition) is 5.